The topological polar surface area (TPSA) is 362 Å². The van der Waals surface area contributed by atoms with Crippen molar-refractivity contribution in [2.45, 2.75) is 112 Å². The minimum Gasteiger partial charge on any atom is -0.476 e. The molecule has 0 aliphatic rings. The van der Waals surface area contributed by atoms with Crippen LogP contribution in [0.1, 0.15) is 142 Å². The summed E-state index contributed by atoms with van der Waals surface area (Å²) in [5.74, 6) is -0.964. The van der Waals surface area contributed by atoms with Gasteiger partial charge in [-0.15, -0.1) is 0 Å². The number of nitrogens with zero attached hydrogens (tertiary/aromatic N) is 10. The lowest BCUT2D eigenvalue weighted by molar-refractivity contribution is -0.148. The molecule has 27 nitrogen and oxygen atoms in total. The Balaban J connectivity index is 0.000000285. The van der Waals surface area contributed by atoms with Gasteiger partial charge in [-0.25, -0.2) is 34.3 Å². The van der Waals surface area contributed by atoms with E-state index < -0.39 is 23.9 Å². The second kappa shape index (κ2) is 39.5. The number of carbonyl (C=O) groups is 8. The lowest BCUT2D eigenvalue weighted by Crippen LogP contribution is -2.34. The molecular formula is C71H86N14O13. The zero-order valence-electron chi connectivity index (χ0n) is 56.4. The number of carboxylic acids is 1. The van der Waals surface area contributed by atoms with Crippen LogP contribution in [0, 0.1) is 0 Å². The Hall–Kier alpha value is -11.4. The highest BCUT2D eigenvalue weighted by molar-refractivity contribution is 6.31. The van der Waals surface area contributed by atoms with Gasteiger partial charge in [-0.2, -0.15) is 9.98 Å². The standard InChI is InChI=1S/2C34H41N7O5.C3H4O3/c2*1-4-6-7-10-21-46-34(44)39-32(35)24-12-15-26(16-13-24)37-23-30-38-27-22-25(14-17-28(27)40(30)3)33(43)41(20-18-31(42)45-5-2)29-11-8-9-19-36-29;1-2(4)3(5)6/h2*8-9,11-17,19,22,37H,4-7,10,18,20-21,23H2,1-3H3,(H2,35,39,44);1H3,(H,5,6). The number of nitrogens with one attached hydrogen (secondary N) is 2. The first kappa shape index (κ1) is 75.6. The molecule has 0 atom stereocenters. The van der Waals surface area contributed by atoms with Gasteiger partial charge in [0.2, 0.25) is 5.78 Å². The number of aliphatic carboxylic acids is 1. The third-order valence-corrected chi connectivity index (χ3v) is 14.9. The quantitative estimate of drug-likeness (QED) is 0.00673. The van der Waals surface area contributed by atoms with Gasteiger partial charge in [-0.1, -0.05) is 64.5 Å². The Morgan fingerprint density at radius 1 is 0.510 bits per heavy atom. The van der Waals surface area contributed by atoms with Crippen LogP contribution in [-0.4, -0.2) is 133 Å². The van der Waals surface area contributed by atoms with Gasteiger partial charge >= 0.3 is 30.1 Å². The van der Waals surface area contributed by atoms with Crippen molar-refractivity contribution in [3.8, 4) is 0 Å². The largest absolute Gasteiger partial charge is 0.476 e. The summed E-state index contributed by atoms with van der Waals surface area (Å²) in [5, 5.41) is 14.3. The van der Waals surface area contributed by atoms with Gasteiger partial charge in [0.15, 0.2) is 0 Å². The first-order valence-electron chi connectivity index (χ1n) is 32.4. The van der Waals surface area contributed by atoms with Gasteiger partial charge < -0.3 is 55.3 Å². The summed E-state index contributed by atoms with van der Waals surface area (Å²) >= 11 is 0. The van der Waals surface area contributed by atoms with Gasteiger partial charge in [-0.05, 0) is 136 Å². The Morgan fingerprint density at radius 3 is 1.22 bits per heavy atom. The number of aromatic nitrogens is 6. The molecule has 0 saturated carbocycles. The maximum Gasteiger partial charge on any atom is 0.435 e. The van der Waals surface area contributed by atoms with Crippen molar-refractivity contribution < 1.29 is 62.4 Å². The summed E-state index contributed by atoms with van der Waals surface area (Å²) in [4.78, 5) is 123. The molecule has 0 fully saturated rings. The van der Waals surface area contributed by atoms with E-state index in [1.165, 1.54) is 9.80 Å². The fraction of sp³-hybridized carbons (Fsp3) is 0.352. The maximum atomic E-state index is 13.6. The smallest absolute Gasteiger partial charge is 0.435 e. The zero-order valence-corrected chi connectivity index (χ0v) is 56.4. The second-order valence-electron chi connectivity index (χ2n) is 22.0. The van der Waals surface area contributed by atoms with Crippen LogP contribution in [0.3, 0.4) is 0 Å². The van der Waals surface area contributed by atoms with E-state index in [4.69, 9.17) is 45.5 Å². The summed E-state index contributed by atoms with van der Waals surface area (Å²) in [5.41, 5.74) is 18.8. The Bertz CT molecular complexity index is 3770. The molecule has 0 saturated heterocycles. The van der Waals surface area contributed by atoms with E-state index in [0.29, 0.717) is 71.2 Å². The number of unbranched alkanes of at least 4 members (excludes halogenated alkanes) is 6. The molecule has 27 heteroatoms. The number of imidazole rings is 2. The molecule has 4 amide bonds. The lowest BCUT2D eigenvalue weighted by Gasteiger charge is -2.21. The van der Waals surface area contributed by atoms with Crippen molar-refractivity contribution in [2.75, 3.05) is 60.0 Å². The number of carboxylic acid groups (broad SMARTS) is 1. The SMILES string of the molecule is CC(=O)C(=O)O.CCCCCCOC(=O)/N=C(/N)c1ccc(NCc2nc3cc(C(=O)N(CCC(=O)OCC)c4ccccn4)ccc3n2C)cc1.CCCCCCOC(=O)/N=C(/N)c1ccc(NCc2nc3cc(C(=O)N(CCC(=O)OCC)c4ccccn4)ccc3n2C)cc1. The molecule has 0 unspecified atom stereocenters. The Kier molecular flexibility index (Phi) is 30.5. The average Bonchev–Trinajstić information content (AvgIpc) is 1.63. The molecule has 0 aliphatic heterocycles. The van der Waals surface area contributed by atoms with E-state index in [1.54, 1.807) is 111 Å². The molecule has 0 aliphatic carbocycles. The molecule has 0 bridgehead atoms. The number of aryl methyl sites for hydroxylation is 2. The van der Waals surface area contributed by atoms with Crippen LogP contribution in [0.2, 0.25) is 0 Å². The van der Waals surface area contributed by atoms with Crippen molar-refractivity contribution in [3.05, 3.63) is 168 Å². The van der Waals surface area contributed by atoms with Gasteiger partial charge in [-0.3, -0.25) is 33.8 Å². The highest BCUT2D eigenvalue weighted by Crippen LogP contribution is 2.24. The molecule has 4 heterocycles. The minimum atomic E-state index is -1.38. The van der Waals surface area contributed by atoms with Crippen LogP contribution in [0.5, 0.6) is 0 Å². The summed E-state index contributed by atoms with van der Waals surface area (Å²) in [7, 11) is 3.83. The number of carbonyl (C=O) groups excluding carboxylic acids is 7. The summed E-state index contributed by atoms with van der Waals surface area (Å²) in [6.45, 7) is 11.0. The van der Waals surface area contributed by atoms with E-state index in [1.807, 2.05) is 59.6 Å². The Labute approximate surface area is 568 Å². The van der Waals surface area contributed by atoms with E-state index in [-0.39, 0.29) is 74.6 Å². The maximum absolute atomic E-state index is 13.6. The number of amides is 4. The number of hydrogen-bond acceptors (Lipinski definition) is 18. The van der Waals surface area contributed by atoms with Crippen molar-refractivity contribution in [3.63, 3.8) is 0 Å². The van der Waals surface area contributed by atoms with Crippen LogP contribution in [0.15, 0.2) is 144 Å². The minimum absolute atomic E-state index is 0.0455. The molecule has 0 spiro atoms. The fourth-order valence-electron chi connectivity index (χ4n) is 9.58. The number of pyridine rings is 2. The van der Waals surface area contributed by atoms with Gasteiger partial charge in [0.25, 0.3) is 11.8 Å². The number of ether oxygens (including phenoxy) is 4. The second-order valence-corrected chi connectivity index (χ2v) is 22.0. The summed E-state index contributed by atoms with van der Waals surface area (Å²) in [6, 6.07) is 35.7. The van der Waals surface area contributed by atoms with Crippen LogP contribution in [0.4, 0.5) is 32.6 Å². The normalized spacial score (nSPS) is 11.1. The van der Waals surface area contributed by atoms with Gasteiger partial charge in [0.1, 0.15) is 35.0 Å². The highest BCUT2D eigenvalue weighted by atomic mass is 16.6. The molecule has 7 N–H and O–H groups in total. The molecule has 4 aromatic carbocycles. The van der Waals surface area contributed by atoms with Crippen molar-refractivity contribution >= 4 is 104 Å². The van der Waals surface area contributed by atoms with Gasteiger partial charge in [0.05, 0.1) is 74.4 Å². The number of rotatable bonds is 31. The number of ketones is 1. The third-order valence-electron chi connectivity index (χ3n) is 14.9. The number of anilines is 4. The van der Waals surface area contributed by atoms with Crippen molar-refractivity contribution in [1.82, 2.24) is 29.1 Å². The number of Topliss-reactive ketones (excluding diaryl/α,β-unsaturated/α-hetero) is 1. The predicted octanol–water partition coefficient (Wildman–Crippen LogP) is 10.9. The number of amidine groups is 2. The van der Waals surface area contributed by atoms with Crippen molar-refractivity contribution in [1.29, 1.82) is 0 Å². The van der Waals surface area contributed by atoms with Crippen LogP contribution < -0.4 is 31.9 Å². The number of esters is 2. The first-order valence-corrected chi connectivity index (χ1v) is 32.4. The number of fused-ring (bicyclic) bond motifs is 2. The van der Waals surface area contributed by atoms with Crippen LogP contribution >= 0.6 is 0 Å². The average molecular weight is 1340 g/mol. The molecule has 4 aromatic heterocycles. The number of aliphatic imine (C=N–C) groups is 2. The number of benzene rings is 4. The highest BCUT2D eigenvalue weighted by Gasteiger charge is 2.24. The fourth-order valence-corrected chi connectivity index (χ4v) is 9.58. The monoisotopic (exact) mass is 1340 g/mol. The molecule has 0 radical (unpaired) electrons. The molecular weight excluding hydrogens is 1260 g/mol. The summed E-state index contributed by atoms with van der Waals surface area (Å²) < 4.78 is 24.3. The molecule has 98 heavy (non-hydrogen) atoms. The van der Waals surface area contributed by atoms with E-state index in [2.05, 4.69) is 44.4 Å². The summed E-state index contributed by atoms with van der Waals surface area (Å²) in [6.07, 6.45) is 9.99. The van der Waals surface area contributed by atoms with Crippen LogP contribution in [0.25, 0.3) is 22.1 Å². The van der Waals surface area contributed by atoms with Gasteiger partial charge in [0, 0.05) is 80.1 Å². The molecule has 518 valence electrons. The van der Waals surface area contributed by atoms with E-state index in [9.17, 15) is 38.4 Å². The van der Waals surface area contributed by atoms with Crippen molar-refractivity contribution in [2.24, 2.45) is 35.5 Å². The Morgan fingerprint density at radius 2 is 0.888 bits per heavy atom. The number of nitrogens with two attached hydrogens (primary N) is 2. The predicted molar refractivity (Wildman–Crippen MR) is 374 cm³/mol. The lowest BCUT2D eigenvalue weighted by atomic mass is 10.1. The third kappa shape index (κ3) is 23.5. The molecule has 8 aromatic rings. The van der Waals surface area contributed by atoms with Crippen LogP contribution in [-0.2, 0) is 65.3 Å². The van der Waals surface area contributed by atoms with E-state index in [0.717, 1.165) is 92.3 Å². The zero-order chi connectivity index (χ0) is 70.9. The number of hydrogen-bond donors (Lipinski definition) is 5. The molecule has 8 rings (SSSR count). The van der Waals surface area contributed by atoms with E-state index >= 15 is 0 Å². The first-order chi connectivity index (χ1) is 47.2.